The molecule has 1 saturated carbocycles. The molecule has 3 N–H and O–H groups in total. The summed E-state index contributed by atoms with van der Waals surface area (Å²) < 4.78 is 0. The summed E-state index contributed by atoms with van der Waals surface area (Å²) in [4.78, 5) is 16.9. The smallest absolute Gasteiger partial charge is 0.255 e. The highest BCUT2D eigenvalue weighted by molar-refractivity contribution is 6.15. The number of amides is 1. The second-order valence-corrected chi connectivity index (χ2v) is 7.87. The van der Waals surface area contributed by atoms with Crippen molar-refractivity contribution in [3.63, 3.8) is 0 Å². The molecule has 0 saturated heterocycles. The number of aliphatic imine (C=N–C) groups is 1. The van der Waals surface area contributed by atoms with Gasteiger partial charge >= 0.3 is 0 Å². The van der Waals surface area contributed by atoms with Crippen LogP contribution in [0.5, 0.6) is 0 Å². The molecule has 1 aliphatic carbocycles. The molecule has 1 heterocycles. The Labute approximate surface area is 157 Å². The zero-order valence-electron chi connectivity index (χ0n) is 16.6. The van der Waals surface area contributed by atoms with Crippen LogP contribution in [0.3, 0.4) is 0 Å². The number of hydrogen-bond acceptors (Lipinski definition) is 4. The predicted molar refractivity (Wildman–Crippen MR) is 107 cm³/mol. The third-order valence-electron chi connectivity index (χ3n) is 5.30. The maximum atomic E-state index is 12.7. The minimum absolute atomic E-state index is 0.246. The molecule has 1 atom stereocenters. The zero-order chi connectivity index (χ0) is 19.3. The molecule has 2 aliphatic rings. The van der Waals surface area contributed by atoms with E-state index in [2.05, 4.69) is 35.2 Å². The molecule has 26 heavy (non-hydrogen) atoms. The highest BCUT2D eigenvalue weighted by atomic mass is 16.3. The number of aliphatic hydroxyl groups is 1. The van der Waals surface area contributed by atoms with Gasteiger partial charge in [-0.1, -0.05) is 38.8 Å². The zero-order valence-corrected chi connectivity index (χ0v) is 16.6. The molecular formula is C21H33N3O2. The van der Waals surface area contributed by atoms with Crippen molar-refractivity contribution >= 4 is 12.1 Å². The van der Waals surface area contributed by atoms with Crippen molar-refractivity contribution in [1.82, 2.24) is 10.6 Å². The van der Waals surface area contributed by atoms with E-state index in [1.54, 1.807) is 27.0 Å². The monoisotopic (exact) mass is 359 g/mol. The maximum absolute atomic E-state index is 12.7. The molecule has 5 heteroatoms. The van der Waals surface area contributed by atoms with Gasteiger partial charge in [0.25, 0.3) is 5.91 Å². The fourth-order valence-electron chi connectivity index (χ4n) is 3.29. The fourth-order valence-corrected chi connectivity index (χ4v) is 3.29. The summed E-state index contributed by atoms with van der Waals surface area (Å²) in [6, 6.07) is -0.380. The highest BCUT2D eigenvalue weighted by Gasteiger charge is 2.28. The molecule has 0 spiro atoms. The number of carbonyl (C=O) groups is 1. The van der Waals surface area contributed by atoms with Crippen molar-refractivity contribution in [2.45, 2.75) is 77.9 Å². The fraction of sp³-hybridized carbons (Fsp3) is 0.619. The number of carbonyl (C=O) groups excluding carboxylic acids is 1. The van der Waals surface area contributed by atoms with Gasteiger partial charge in [-0.25, -0.2) is 0 Å². The van der Waals surface area contributed by atoms with Crippen LogP contribution >= 0.6 is 0 Å². The average molecular weight is 360 g/mol. The first-order chi connectivity index (χ1) is 12.2. The lowest BCUT2D eigenvalue weighted by Crippen LogP contribution is -2.47. The van der Waals surface area contributed by atoms with Crippen molar-refractivity contribution < 1.29 is 9.90 Å². The summed E-state index contributed by atoms with van der Waals surface area (Å²) >= 11 is 0. The van der Waals surface area contributed by atoms with Crippen molar-refractivity contribution in [2.24, 2.45) is 10.9 Å². The van der Waals surface area contributed by atoms with Gasteiger partial charge in [0.15, 0.2) is 0 Å². The molecular weight excluding hydrogens is 326 g/mol. The third kappa shape index (κ3) is 5.07. The first-order valence-electron chi connectivity index (χ1n) is 9.72. The van der Waals surface area contributed by atoms with Gasteiger partial charge in [-0.15, -0.1) is 0 Å². The lowest BCUT2D eigenvalue weighted by Gasteiger charge is -2.28. The standard InChI is InChI=1S/C21H33N3O2/c1-6-10-18(16-11-8-7-9-12-16)24-19-14(2)22-13-17(19)20(25)23-15(3)21(4,5)26/h10,13,15-16,24,26H,2,6-9,11-12H2,1,3-5H3,(H,23,25)/b18-10-/t15-/m0/s1. The van der Waals surface area contributed by atoms with E-state index < -0.39 is 5.60 Å². The average Bonchev–Trinajstić information content (AvgIpc) is 2.95. The molecule has 1 aliphatic heterocycles. The van der Waals surface area contributed by atoms with Crippen molar-refractivity contribution in [3.8, 4) is 0 Å². The number of allylic oxidation sites excluding steroid dienone is 2. The number of hydrogen-bond donors (Lipinski definition) is 3. The molecule has 0 bridgehead atoms. The summed E-state index contributed by atoms with van der Waals surface area (Å²) in [6.07, 6.45) is 10.9. The summed E-state index contributed by atoms with van der Waals surface area (Å²) in [7, 11) is 0. The van der Waals surface area contributed by atoms with Crippen molar-refractivity contribution in [3.05, 3.63) is 35.3 Å². The van der Waals surface area contributed by atoms with Gasteiger partial charge in [-0.3, -0.25) is 9.79 Å². The van der Waals surface area contributed by atoms with E-state index >= 15 is 0 Å². The summed E-state index contributed by atoms with van der Waals surface area (Å²) in [6.45, 7) is 11.2. The van der Waals surface area contributed by atoms with E-state index in [0.29, 0.717) is 22.9 Å². The van der Waals surface area contributed by atoms with E-state index in [0.717, 1.165) is 6.42 Å². The second-order valence-electron chi connectivity index (χ2n) is 7.87. The van der Waals surface area contributed by atoms with Gasteiger partial charge in [0.1, 0.15) is 0 Å². The number of nitrogens with one attached hydrogen (secondary N) is 2. The largest absolute Gasteiger partial charge is 0.388 e. The van der Waals surface area contributed by atoms with Crippen LogP contribution in [-0.4, -0.2) is 28.9 Å². The van der Waals surface area contributed by atoms with Crippen LogP contribution in [-0.2, 0) is 4.79 Å². The van der Waals surface area contributed by atoms with E-state index in [1.165, 1.54) is 37.8 Å². The van der Waals surface area contributed by atoms with Crippen molar-refractivity contribution in [2.75, 3.05) is 0 Å². The Kier molecular flexibility index (Phi) is 6.81. The number of rotatable bonds is 7. The van der Waals surface area contributed by atoms with Crippen LogP contribution in [0.4, 0.5) is 0 Å². The normalized spacial score (nSPS) is 20.5. The van der Waals surface area contributed by atoms with Gasteiger partial charge < -0.3 is 15.7 Å². The Morgan fingerprint density at radius 2 is 2.08 bits per heavy atom. The lowest BCUT2D eigenvalue weighted by atomic mass is 9.86. The highest BCUT2D eigenvalue weighted by Crippen LogP contribution is 2.31. The predicted octanol–water partition coefficient (Wildman–Crippen LogP) is 3.58. The van der Waals surface area contributed by atoms with E-state index in [-0.39, 0.29) is 11.9 Å². The minimum atomic E-state index is -0.994. The molecule has 0 aromatic rings. The van der Waals surface area contributed by atoms with Gasteiger partial charge in [-0.2, -0.15) is 0 Å². The van der Waals surface area contributed by atoms with Crippen LogP contribution in [0, 0.1) is 5.92 Å². The van der Waals surface area contributed by atoms with Crippen molar-refractivity contribution in [1.29, 1.82) is 0 Å². The van der Waals surface area contributed by atoms with E-state index in [4.69, 9.17) is 0 Å². The Morgan fingerprint density at radius 1 is 1.42 bits per heavy atom. The third-order valence-corrected chi connectivity index (χ3v) is 5.30. The van der Waals surface area contributed by atoms with Crippen LogP contribution in [0.1, 0.15) is 66.2 Å². The molecule has 2 rings (SSSR count). The molecule has 0 unspecified atom stereocenters. The summed E-state index contributed by atoms with van der Waals surface area (Å²) in [5.41, 5.74) is 1.91. The van der Waals surface area contributed by atoms with Gasteiger partial charge in [0.05, 0.1) is 28.6 Å². The molecule has 5 nitrogen and oxygen atoms in total. The Morgan fingerprint density at radius 3 is 2.65 bits per heavy atom. The SMILES string of the molecule is C=C1N=CC(C(=O)N[C@@H](C)C(C)(C)O)=C1N/C(=C\CC)C1CCCCC1. The van der Waals surface area contributed by atoms with E-state index in [1.807, 2.05) is 0 Å². The molecule has 0 aromatic heterocycles. The number of nitrogens with zero attached hydrogens (tertiary/aromatic N) is 1. The maximum Gasteiger partial charge on any atom is 0.255 e. The molecule has 0 aromatic carbocycles. The van der Waals surface area contributed by atoms with Crippen LogP contribution < -0.4 is 10.6 Å². The Bertz CT molecular complexity index is 632. The van der Waals surface area contributed by atoms with Gasteiger partial charge in [0, 0.05) is 11.9 Å². The lowest BCUT2D eigenvalue weighted by molar-refractivity contribution is -0.119. The van der Waals surface area contributed by atoms with E-state index in [9.17, 15) is 9.90 Å². The van der Waals surface area contributed by atoms with Gasteiger partial charge in [0.2, 0.25) is 0 Å². The summed E-state index contributed by atoms with van der Waals surface area (Å²) in [5, 5.41) is 16.4. The van der Waals surface area contributed by atoms with Crippen LogP contribution in [0.2, 0.25) is 0 Å². The first kappa shape index (κ1) is 20.4. The first-order valence-corrected chi connectivity index (χ1v) is 9.72. The Hall–Kier alpha value is -1.88. The molecule has 144 valence electrons. The molecule has 1 fully saturated rings. The Balaban J connectivity index is 2.20. The summed E-state index contributed by atoms with van der Waals surface area (Å²) in [5.74, 6) is 0.258. The van der Waals surface area contributed by atoms with Crippen LogP contribution in [0.15, 0.2) is 40.3 Å². The van der Waals surface area contributed by atoms with Gasteiger partial charge in [-0.05, 0) is 46.0 Å². The molecule has 1 amide bonds. The second kappa shape index (κ2) is 8.67. The van der Waals surface area contributed by atoms with Crippen LogP contribution in [0.25, 0.3) is 0 Å². The molecule has 0 radical (unpaired) electrons. The quantitative estimate of drug-likeness (QED) is 0.650. The topological polar surface area (TPSA) is 73.7 Å². The minimum Gasteiger partial charge on any atom is -0.388 e.